The quantitative estimate of drug-likeness (QED) is 0.374. The van der Waals surface area contributed by atoms with Gasteiger partial charge in [-0.25, -0.2) is 13.8 Å². The summed E-state index contributed by atoms with van der Waals surface area (Å²) in [5, 5.41) is 0.563. The molecule has 3 aromatic rings. The molecule has 0 saturated carbocycles. The molecule has 1 N–H and O–H groups in total. The number of hydrogen-bond acceptors (Lipinski definition) is 4. The summed E-state index contributed by atoms with van der Waals surface area (Å²) in [6.45, 7) is 1.72. The topological polar surface area (TPSA) is 62.8 Å². The number of aromatic nitrogens is 2. The van der Waals surface area contributed by atoms with E-state index in [9.17, 15) is 18.4 Å². The van der Waals surface area contributed by atoms with Crippen LogP contribution in [0.25, 0.3) is 10.9 Å². The lowest BCUT2D eigenvalue weighted by atomic mass is 10.1. The number of ketones is 1. The van der Waals surface area contributed by atoms with Crippen molar-refractivity contribution in [2.24, 2.45) is 0 Å². The molecule has 0 aliphatic rings. The molecular weight excluding hydrogens is 370 g/mol. The van der Waals surface area contributed by atoms with E-state index in [0.717, 1.165) is 5.56 Å². The van der Waals surface area contributed by atoms with Crippen LogP contribution in [0.2, 0.25) is 0 Å². The number of thioether (sulfide) groups is 1. The summed E-state index contributed by atoms with van der Waals surface area (Å²) in [5.74, 6) is -0.223. The number of Topliss-reactive ketones (excluding diaryl/α,β-unsaturated/α-hetero) is 1. The number of fused-ring (bicyclic) bond motifs is 1. The number of rotatable bonds is 7. The number of nitrogens with one attached hydrogen (secondary N) is 1. The van der Waals surface area contributed by atoms with Crippen LogP contribution < -0.4 is 5.56 Å². The SMILES string of the molecule is Cc1cc(F)c2nc(SCCCC(=O)Cc3ccc(F)cc3)[nH]c(=O)c2c1. The van der Waals surface area contributed by atoms with Gasteiger partial charge < -0.3 is 4.98 Å². The van der Waals surface area contributed by atoms with Crippen molar-refractivity contribution in [1.29, 1.82) is 0 Å². The first-order valence-electron chi connectivity index (χ1n) is 8.51. The summed E-state index contributed by atoms with van der Waals surface area (Å²) in [6, 6.07) is 8.82. The molecule has 0 atom stereocenters. The van der Waals surface area contributed by atoms with Crippen LogP contribution >= 0.6 is 11.8 Å². The van der Waals surface area contributed by atoms with Crippen LogP contribution in [0.3, 0.4) is 0 Å². The number of halogens is 2. The number of carbonyl (C=O) groups is 1. The maximum absolute atomic E-state index is 14.0. The minimum absolute atomic E-state index is 0.0548. The van der Waals surface area contributed by atoms with E-state index in [1.807, 2.05) is 0 Å². The smallest absolute Gasteiger partial charge is 0.259 e. The Kier molecular flexibility index (Phi) is 6.01. The first kappa shape index (κ1) is 19.2. The highest BCUT2D eigenvalue weighted by Crippen LogP contribution is 2.19. The Bertz CT molecular complexity index is 1030. The van der Waals surface area contributed by atoms with Crippen molar-refractivity contribution in [3.8, 4) is 0 Å². The van der Waals surface area contributed by atoms with Crippen molar-refractivity contribution < 1.29 is 13.6 Å². The molecule has 0 radical (unpaired) electrons. The minimum atomic E-state index is -0.521. The van der Waals surface area contributed by atoms with Gasteiger partial charge in [0.05, 0.1) is 5.39 Å². The molecule has 4 nitrogen and oxygen atoms in total. The molecule has 0 unspecified atom stereocenters. The lowest BCUT2D eigenvalue weighted by Gasteiger charge is -2.05. The zero-order valence-electron chi connectivity index (χ0n) is 14.7. The van der Waals surface area contributed by atoms with Crippen LogP contribution in [-0.2, 0) is 11.2 Å². The molecule has 2 aromatic carbocycles. The molecule has 27 heavy (non-hydrogen) atoms. The summed E-state index contributed by atoms with van der Waals surface area (Å²) >= 11 is 1.28. The van der Waals surface area contributed by atoms with Gasteiger partial charge in [-0.15, -0.1) is 0 Å². The van der Waals surface area contributed by atoms with Gasteiger partial charge in [-0.05, 0) is 48.7 Å². The monoisotopic (exact) mass is 388 g/mol. The summed E-state index contributed by atoms with van der Waals surface area (Å²) in [6.07, 6.45) is 1.24. The van der Waals surface area contributed by atoms with Crippen LogP contribution in [0.4, 0.5) is 8.78 Å². The Morgan fingerprint density at radius 2 is 1.93 bits per heavy atom. The maximum atomic E-state index is 14.0. The molecule has 1 heterocycles. The van der Waals surface area contributed by atoms with Crippen LogP contribution in [0, 0.1) is 18.6 Å². The van der Waals surface area contributed by atoms with E-state index in [2.05, 4.69) is 9.97 Å². The van der Waals surface area contributed by atoms with Crippen LogP contribution in [-0.4, -0.2) is 21.5 Å². The highest BCUT2D eigenvalue weighted by atomic mass is 32.2. The number of benzene rings is 2. The van der Waals surface area contributed by atoms with Crippen molar-refractivity contribution in [3.05, 3.63) is 69.5 Å². The zero-order chi connectivity index (χ0) is 19.4. The number of nitrogens with zero attached hydrogens (tertiary/aromatic N) is 1. The summed E-state index contributed by atoms with van der Waals surface area (Å²) in [4.78, 5) is 30.9. The summed E-state index contributed by atoms with van der Waals surface area (Å²) in [5.41, 5.74) is 1.12. The zero-order valence-corrected chi connectivity index (χ0v) is 15.5. The van der Waals surface area contributed by atoms with Gasteiger partial charge in [-0.3, -0.25) is 9.59 Å². The van der Waals surface area contributed by atoms with Crippen LogP contribution in [0.5, 0.6) is 0 Å². The maximum Gasteiger partial charge on any atom is 0.259 e. The lowest BCUT2D eigenvalue weighted by molar-refractivity contribution is -0.118. The van der Waals surface area contributed by atoms with Crippen LogP contribution in [0.1, 0.15) is 24.0 Å². The second-order valence-corrected chi connectivity index (χ2v) is 7.39. The first-order valence-corrected chi connectivity index (χ1v) is 9.50. The molecule has 0 amide bonds. The highest BCUT2D eigenvalue weighted by Gasteiger charge is 2.10. The molecule has 3 rings (SSSR count). The Morgan fingerprint density at radius 3 is 2.67 bits per heavy atom. The van der Waals surface area contributed by atoms with Gasteiger partial charge >= 0.3 is 0 Å². The Balaban J connectivity index is 1.55. The van der Waals surface area contributed by atoms with E-state index >= 15 is 0 Å². The van der Waals surface area contributed by atoms with E-state index in [1.54, 1.807) is 25.1 Å². The lowest BCUT2D eigenvalue weighted by Crippen LogP contribution is -2.10. The molecule has 0 spiro atoms. The van der Waals surface area contributed by atoms with E-state index in [-0.39, 0.29) is 34.5 Å². The molecule has 1 aromatic heterocycles. The van der Waals surface area contributed by atoms with Crippen LogP contribution in [0.15, 0.2) is 46.3 Å². The normalized spacial score (nSPS) is 11.1. The third-order valence-corrected chi connectivity index (χ3v) is 5.00. The van der Waals surface area contributed by atoms with E-state index in [1.165, 1.54) is 30.0 Å². The second-order valence-electron chi connectivity index (χ2n) is 6.31. The first-order chi connectivity index (χ1) is 12.9. The molecule has 0 saturated heterocycles. The van der Waals surface area contributed by atoms with Crippen molar-refractivity contribution in [3.63, 3.8) is 0 Å². The van der Waals surface area contributed by atoms with Crippen molar-refractivity contribution in [1.82, 2.24) is 9.97 Å². The Labute approximate surface area is 159 Å². The minimum Gasteiger partial charge on any atom is -0.301 e. The molecular formula is C20H18F2N2O2S. The number of aromatic amines is 1. The highest BCUT2D eigenvalue weighted by molar-refractivity contribution is 7.99. The fourth-order valence-corrected chi connectivity index (χ4v) is 3.54. The van der Waals surface area contributed by atoms with Crippen molar-refractivity contribution >= 4 is 28.4 Å². The molecule has 0 aliphatic heterocycles. The number of hydrogen-bond donors (Lipinski definition) is 1. The predicted octanol–water partition coefficient (Wildman–Crippen LogP) is 4.19. The van der Waals surface area contributed by atoms with Gasteiger partial charge in [0.15, 0.2) is 5.16 Å². The number of carbonyl (C=O) groups excluding carboxylic acids is 1. The summed E-state index contributed by atoms with van der Waals surface area (Å²) in [7, 11) is 0. The van der Waals surface area contributed by atoms with Gasteiger partial charge in [0.1, 0.15) is 22.9 Å². The van der Waals surface area contributed by atoms with Gasteiger partial charge in [-0.1, -0.05) is 23.9 Å². The third kappa shape index (κ3) is 5.01. The molecule has 0 bridgehead atoms. The standard InChI is InChI=1S/C20H18F2N2O2S/c1-12-9-16-18(17(22)10-12)23-20(24-19(16)26)27-8-2-3-15(25)11-13-4-6-14(21)7-5-13/h4-7,9-10H,2-3,8,11H2,1H3,(H,23,24,26). The summed E-state index contributed by atoms with van der Waals surface area (Å²) < 4.78 is 26.9. The molecule has 7 heteroatoms. The van der Waals surface area contributed by atoms with E-state index in [0.29, 0.717) is 29.3 Å². The average molecular weight is 388 g/mol. The van der Waals surface area contributed by atoms with Crippen molar-refractivity contribution in [2.75, 3.05) is 5.75 Å². The fourth-order valence-electron chi connectivity index (χ4n) is 2.74. The Hall–Kier alpha value is -2.54. The van der Waals surface area contributed by atoms with Gasteiger partial charge in [0.25, 0.3) is 5.56 Å². The molecule has 0 aliphatic carbocycles. The average Bonchev–Trinajstić information content (AvgIpc) is 2.62. The molecule has 0 fully saturated rings. The van der Waals surface area contributed by atoms with Gasteiger partial charge in [-0.2, -0.15) is 0 Å². The predicted molar refractivity (Wildman–Crippen MR) is 102 cm³/mol. The van der Waals surface area contributed by atoms with E-state index in [4.69, 9.17) is 0 Å². The number of aryl methyl sites for hydroxylation is 1. The molecule has 140 valence electrons. The van der Waals surface area contributed by atoms with Gasteiger partial charge in [0.2, 0.25) is 0 Å². The van der Waals surface area contributed by atoms with E-state index < -0.39 is 5.82 Å². The Morgan fingerprint density at radius 1 is 1.19 bits per heavy atom. The fraction of sp³-hybridized carbons (Fsp3) is 0.250. The number of H-pyrrole nitrogens is 1. The van der Waals surface area contributed by atoms with Crippen molar-refractivity contribution in [2.45, 2.75) is 31.3 Å². The second kappa shape index (κ2) is 8.43. The largest absolute Gasteiger partial charge is 0.301 e. The third-order valence-electron chi connectivity index (χ3n) is 4.04. The van der Waals surface area contributed by atoms with Gasteiger partial charge in [0, 0.05) is 18.6 Å².